The summed E-state index contributed by atoms with van der Waals surface area (Å²) in [6.45, 7) is 0. The molecule has 0 spiro atoms. The summed E-state index contributed by atoms with van der Waals surface area (Å²) >= 11 is 0. The van der Waals surface area contributed by atoms with E-state index in [0.717, 1.165) is 0 Å². The summed E-state index contributed by atoms with van der Waals surface area (Å²) in [6, 6.07) is 5.47. The standard InChI is InChI=1S/C7H8O4S.Na.H/c1-11-6-2-4-7(5-3-6)12(8,9)10;;/h2-5H,1H3,(H,8,9,10);;/q;+1;-1. The normalized spacial score (nSPS) is 10.3. The summed E-state index contributed by atoms with van der Waals surface area (Å²) < 4.78 is 34.5. The Hall–Kier alpha value is -0.0700. The Bertz CT molecular complexity index is 362. The molecule has 0 radical (unpaired) electrons. The molecule has 1 N–H and O–H groups in total. The van der Waals surface area contributed by atoms with Crippen molar-refractivity contribution in [3.8, 4) is 5.75 Å². The summed E-state index contributed by atoms with van der Waals surface area (Å²) in [7, 11) is -2.61. The van der Waals surface area contributed by atoms with E-state index in [-0.39, 0.29) is 35.9 Å². The van der Waals surface area contributed by atoms with Crippen LogP contribution in [0.5, 0.6) is 5.75 Å². The van der Waals surface area contributed by atoms with Crippen LogP contribution in [-0.2, 0) is 10.1 Å². The Morgan fingerprint density at radius 1 is 1.31 bits per heavy atom. The van der Waals surface area contributed by atoms with Crippen molar-refractivity contribution in [2.24, 2.45) is 0 Å². The Balaban J connectivity index is 0. The minimum Gasteiger partial charge on any atom is -1.00 e. The van der Waals surface area contributed by atoms with Crippen molar-refractivity contribution in [1.82, 2.24) is 0 Å². The number of rotatable bonds is 2. The molecule has 0 fully saturated rings. The molecule has 0 heterocycles. The third-order valence-electron chi connectivity index (χ3n) is 1.36. The summed E-state index contributed by atoms with van der Waals surface area (Å²) in [5.41, 5.74) is 0. The minimum atomic E-state index is -4.08. The van der Waals surface area contributed by atoms with Gasteiger partial charge in [0.1, 0.15) is 5.75 Å². The number of benzene rings is 1. The molecule has 0 aliphatic carbocycles. The zero-order valence-electron chi connectivity index (χ0n) is 8.39. The predicted octanol–water partition coefficient (Wildman–Crippen LogP) is -1.94. The number of hydrogen-bond donors (Lipinski definition) is 1. The van der Waals surface area contributed by atoms with Crippen LogP contribution in [-0.4, -0.2) is 20.1 Å². The first-order valence-corrected chi connectivity index (χ1v) is 4.59. The smallest absolute Gasteiger partial charge is 1.00 e. The quantitative estimate of drug-likeness (QED) is 0.457. The van der Waals surface area contributed by atoms with Crippen LogP contribution < -0.4 is 34.3 Å². The molecule has 0 aliphatic heterocycles. The number of ether oxygens (including phenoxy) is 1. The zero-order chi connectivity index (χ0) is 9.19. The van der Waals surface area contributed by atoms with Gasteiger partial charge in [0, 0.05) is 0 Å². The van der Waals surface area contributed by atoms with E-state index in [1.807, 2.05) is 0 Å². The molecule has 0 aliphatic rings. The molecule has 0 saturated heterocycles. The molecule has 13 heavy (non-hydrogen) atoms. The molecule has 6 heteroatoms. The average molecular weight is 212 g/mol. The van der Waals surface area contributed by atoms with Gasteiger partial charge in [-0.2, -0.15) is 8.42 Å². The third kappa shape index (κ3) is 3.66. The molecule has 4 nitrogen and oxygen atoms in total. The van der Waals surface area contributed by atoms with Gasteiger partial charge in [-0.3, -0.25) is 4.55 Å². The van der Waals surface area contributed by atoms with Gasteiger partial charge >= 0.3 is 29.6 Å². The van der Waals surface area contributed by atoms with E-state index >= 15 is 0 Å². The second-order valence-corrected chi connectivity index (χ2v) is 3.57. The van der Waals surface area contributed by atoms with E-state index in [1.54, 1.807) is 0 Å². The Morgan fingerprint density at radius 3 is 2.08 bits per heavy atom. The summed E-state index contributed by atoms with van der Waals surface area (Å²) in [6.07, 6.45) is 0. The molecule has 1 aromatic carbocycles. The van der Waals surface area contributed by atoms with Crippen molar-refractivity contribution in [3.05, 3.63) is 24.3 Å². The van der Waals surface area contributed by atoms with E-state index in [1.165, 1.54) is 31.4 Å². The van der Waals surface area contributed by atoms with Crippen molar-refractivity contribution >= 4 is 10.1 Å². The van der Waals surface area contributed by atoms with Gasteiger partial charge in [-0.25, -0.2) is 0 Å². The van der Waals surface area contributed by atoms with Crippen LogP contribution in [0.4, 0.5) is 0 Å². The van der Waals surface area contributed by atoms with Crippen molar-refractivity contribution < 1.29 is 48.7 Å². The molecule has 0 atom stereocenters. The van der Waals surface area contributed by atoms with E-state index in [2.05, 4.69) is 0 Å². The molecule has 0 saturated carbocycles. The van der Waals surface area contributed by atoms with E-state index in [9.17, 15) is 8.42 Å². The van der Waals surface area contributed by atoms with Crippen molar-refractivity contribution in [2.75, 3.05) is 7.11 Å². The second kappa shape index (κ2) is 4.97. The van der Waals surface area contributed by atoms with Crippen LogP contribution in [0, 0.1) is 0 Å². The van der Waals surface area contributed by atoms with Gasteiger partial charge in [-0.15, -0.1) is 0 Å². The third-order valence-corrected chi connectivity index (χ3v) is 2.23. The maximum atomic E-state index is 10.5. The topological polar surface area (TPSA) is 63.6 Å². The summed E-state index contributed by atoms with van der Waals surface area (Å²) in [4.78, 5) is -0.136. The minimum absolute atomic E-state index is 0. The molecule has 68 valence electrons. The molecule has 1 aromatic rings. The van der Waals surface area contributed by atoms with E-state index < -0.39 is 10.1 Å². The summed E-state index contributed by atoms with van der Waals surface area (Å²) in [5, 5.41) is 0. The predicted molar refractivity (Wildman–Crippen MR) is 43.9 cm³/mol. The van der Waals surface area contributed by atoms with Gasteiger partial charge in [0.2, 0.25) is 0 Å². The fourth-order valence-corrected chi connectivity index (χ4v) is 1.23. The van der Waals surface area contributed by atoms with Crippen molar-refractivity contribution in [2.45, 2.75) is 4.90 Å². The fourth-order valence-electron chi connectivity index (χ4n) is 0.748. The largest absolute Gasteiger partial charge is 1.00 e. The molecule has 0 unspecified atom stereocenters. The molecular formula is C7H9NaO4S. The Kier molecular flexibility index (Phi) is 4.95. The monoisotopic (exact) mass is 212 g/mol. The van der Waals surface area contributed by atoms with Crippen LogP contribution in [0.1, 0.15) is 1.43 Å². The van der Waals surface area contributed by atoms with Gasteiger partial charge in [-0.05, 0) is 24.3 Å². The Morgan fingerprint density at radius 2 is 1.77 bits per heavy atom. The van der Waals surface area contributed by atoms with Gasteiger partial charge in [-0.1, -0.05) is 0 Å². The number of methoxy groups -OCH3 is 1. The first-order valence-electron chi connectivity index (χ1n) is 3.15. The van der Waals surface area contributed by atoms with Gasteiger partial charge in [0.25, 0.3) is 10.1 Å². The molecule has 0 aromatic heterocycles. The molecule has 1 rings (SSSR count). The molecular weight excluding hydrogens is 203 g/mol. The summed E-state index contributed by atoms with van der Waals surface area (Å²) in [5.74, 6) is 0.544. The van der Waals surface area contributed by atoms with E-state index in [4.69, 9.17) is 9.29 Å². The first kappa shape index (κ1) is 12.9. The van der Waals surface area contributed by atoms with Gasteiger partial charge in [0.05, 0.1) is 12.0 Å². The van der Waals surface area contributed by atoms with Crippen LogP contribution in [0.25, 0.3) is 0 Å². The zero-order valence-corrected chi connectivity index (χ0v) is 10.2. The van der Waals surface area contributed by atoms with Gasteiger partial charge in [0.15, 0.2) is 0 Å². The Labute approximate surface area is 100 Å². The number of hydrogen-bond acceptors (Lipinski definition) is 3. The van der Waals surface area contributed by atoms with Gasteiger partial charge < -0.3 is 6.16 Å². The average Bonchev–Trinajstić information content (AvgIpc) is 2.03. The van der Waals surface area contributed by atoms with Crippen LogP contribution in [0.15, 0.2) is 29.2 Å². The van der Waals surface area contributed by atoms with Crippen molar-refractivity contribution in [3.63, 3.8) is 0 Å². The second-order valence-electron chi connectivity index (χ2n) is 2.15. The van der Waals surface area contributed by atoms with Crippen LogP contribution in [0.3, 0.4) is 0 Å². The molecule has 0 bridgehead atoms. The SMILES string of the molecule is COc1ccc(S(=O)(=O)O)cc1.[H-].[Na+]. The van der Waals surface area contributed by atoms with Crippen LogP contribution >= 0.6 is 0 Å². The molecule has 0 amide bonds. The van der Waals surface area contributed by atoms with Crippen LogP contribution in [0.2, 0.25) is 0 Å². The fraction of sp³-hybridized carbons (Fsp3) is 0.143. The van der Waals surface area contributed by atoms with Crippen molar-refractivity contribution in [1.29, 1.82) is 0 Å². The maximum Gasteiger partial charge on any atom is 1.00 e. The van der Waals surface area contributed by atoms with E-state index in [0.29, 0.717) is 5.75 Å². The first-order chi connectivity index (χ1) is 5.54. The maximum absolute atomic E-state index is 10.5.